The van der Waals surface area contributed by atoms with Gasteiger partial charge in [-0.05, 0) is 32.2 Å². The van der Waals surface area contributed by atoms with Crippen LogP contribution in [0.5, 0.6) is 0 Å². The molecule has 0 amide bonds. The van der Waals surface area contributed by atoms with E-state index in [1.165, 1.54) is 25.7 Å². The average molecular weight is 214 g/mol. The second-order valence-corrected chi connectivity index (χ2v) is 4.82. The van der Waals surface area contributed by atoms with Crippen LogP contribution in [0.3, 0.4) is 0 Å². The number of methoxy groups -OCH3 is 1. The van der Waals surface area contributed by atoms with Crippen molar-refractivity contribution in [2.24, 2.45) is 11.7 Å². The van der Waals surface area contributed by atoms with Crippen molar-refractivity contribution in [3.8, 4) is 0 Å². The lowest BCUT2D eigenvalue weighted by Crippen LogP contribution is -2.40. The van der Waals surface area contributed by atoms with Gasteiger partial charge in [0.25, 0.3) is 0 Å². The standard InChI is InChI=1S/C12H26N2O/c1-14(8-5-9-15-2)10-11-6-3-4-7-12(11)13/h11-12H,3-10,13H2,1-2H3. The molecule has 2 atom stereocenters. The highest BCUT2D eigenvalue weighted by molar-refractivity contribution is 4.79. The topological polar surface area (TPSA) is 38.5 Å². The molecule has 0 aromatic carbocycles. The normalized spacial score (nSPS) is 27.2. The summed E-state index contributed by atoms with van der Waals surface area (Å²) in [6, 6.07) is 0.434. The molecule has 1 rings (SSSR count). The maximum absolute atomic E-state index is 6.13. The highest BCUT2D eigenvalue weighted by Gasteiger charge is 2.22. The Hall–Kier alpha value is -0.120. The second-order valence-electron chi connectivity index (χ2n) is 4.82. The monoisotopic (exact) mass is 214 g/mol. The number of nitrogens with two attached hydrogens (primary N) is 1. The van der Waals surface area contributed by atoms with Gasteiger partial charge in [0.15, 0.2) is 0 Å². The molecule has 2 N–H and O–H groups in total. The quantitative estimate of drug-likeness (QED) is 0.681. The van der Waals surface area contributed by atoms with Crippen molar-refractivity contribution in [2.45, 2.75) is 38.1 Å². The zero-order chi connectivity index (χ0) is 11.1. The molecule has 0 aromatic heterocycles. The summed E-state index contributed by atoms with van der Waals surface area (Å²) in [6.45, 7) is 3.14. The molecule has 15 heavy (non-hydrogen) atoms. The van der Waals surface area contributed by atoms with Gasteiger partial charge in [0.2, 0.25) is 0 Å². The van der Waals surface area contributed by atoms with Crippen molar-refractivity contribution < 1.29 is 4.74 Å². The third-order valence-electron chi connectivity index (χ3n) is 3.40. The predicted molar refractivity (Wildman–Crippen MR) is 63.9 cm³/mol. The molecule has 0 aromatic rings. The van der Waals surface area contributed by atoms with E-state index >= 15 is 0 Å². The molecule has 3 heteroatoms. The van der Waals surface area contributed by atoms with Gasteiger partial charge in [0, 0.05) is 32.8 Å². The van der Waals surface area contributed by atoms with Gasteiger partial charge in [-0.1, -0.05) is 12.8 Å². The van der Waals surface area contributed by atoms with Crippen LogP contribution < -0.4 is 5.73 Å². The Morgan fingerprint density at radius 1 is 1.33 bits per heavy atom. The van der Waals surface area contributed by atoms with Crippen LogP contribution in [0, 0.1) is 5.92 Å². The fourth-order valence-electron chi connectivity index (χ4n) is 2.43. The molecule has 1 fully saturated rings. The maximum atomic E-state index is 6.13. The van der Waals surface area contributed by atoms with Crippen LogP contribution in [0.15, 0.2) is 0 Å². The van der Waals surface area contributed by atoms with E-state index in [2.05, 4.69) is 11.9 Å². The smallest absolute Gasteiger partial charge is 0.0474 e. The van der Waals surface area contributed by atoms with Gasteiger partial charge in [-0.2, -0.15) is 0 Å². The summed E-state index contributed by atoms with van der Waals surface area (Å²) < 4.78 is 5.05. The number of nitrogens with zero attached hydrogens (tertiary/aromatic N) is 1. The van der Waals surface area contributed by atoms with Crippen molar-refractivity contribution >= 4 is 0 Å². The first kappa shape index (κ1) is 12.9. The Bertz CT molecular complexity index is 164. The fourth-order valence-corrected chi connectivity index (χ4v) is 2.43. The van der Waals surface area contributed by atoms with Gasteiger partial charge < -0.3 is 15.4 Å². The van der Waals surface area contributed by atoms with E-state index in [-0.39, 0.29) is 0 Å². The van der Waals surface area contributed by atoms with Crippen LogP contribution in [0.4, 0.5) is 0 Å². The van der Waals surface area contributed by atoms with E-state index in [0.717, 1.165) is 26.1 Å². The molecule has 0 bridgehead atoms. The zero-order valence-corrected chi connectivity index (χ0v) is 10.2. The van der Waals surface area contributed by atoms with Gasteiger partial charge in [0.05, 0.1) is 0 Å². The average Bonchev–Trinajstić information content (AvgIpc) is 2.22. The van der Waals surface area contributed by atoms with E-state index in [0.29, 0.717) is 12.0 Å². The number of ether oxygens (including phenoxy) is 1. The summed E-state index contributed by atoms with van der Waals surface area (Å²) in [6.07, 6.45) is 6.34. The predicted octanol–water partition coefficient (Wildman–Crippen LogP) is 1.47. The maximum Gasteiger partial charge on any atom is 0.0474 e. The van der Waals surface area contributed by atoms with Crippen molar-refractivity contribution in [2.75, 3.05) is 33.9 Å². The molecule has 2 unspecified atom stereocenters. The lowest BCUT2D eigenvalue weighted by molar-refractivity contribution is 0.164. The van der Waals surface area contributed by atoms with E-state index < -0.39 is 0 Å². The highest BCUT2D eigenvalue weighted by Crippen LogP contribution is 2.23. The first-order chi connectivity index (χ1) is 7.24. The molecule has 0 radical (unpaired) electrons. The minimum absolute atomic E-state index is 0.434. The number of hydrogen-bond acceptors (Lipinski definition) is 3. The van der Waals surface area contributed by atoms with E-state index in [9.17, 15) is 0 Å². The molecule has 90 valence electrons. The molecule has 0 heterocycles. The summed E-state index contributed by atoms with van der Waals surface area (Å²) in [5.74, 6) is 0.714. The lowest BCUT2D eigenvalue weighted by atomic mass is 9.85. The Morgan fingerprint density at radius 3 is 2.73 bits per heavy atom. The summed E-state index contributed by atoms with van der Waals surface area (Å²) in [7, 11) is 3.95. The second kappa shape index (κ2) is 7.20. The summed E-state index contributed by atoms with van der Waals surface area (Å²) in [5, 5.41) is 0. The Labute approximate surface area is 94.0 Å². The molecular weight excluding hydrogens is 188 g/mol. The Kier molecular flexibility index (Phi) is 6.22. The number of hydrogen-bond donors (Lipinski definition) is 1. The summed E-state index contributed by atoms with van der Waals surface area (Å²) in [4.78, 5) is 2.40. The molecule has 0 aliphatic heterocycles. The molecule has 1 aliphatic rings. The van der Waals surface area contributed by atoms with Crippen LogP contribution in [0.1, 0.15) is 32.1 Å². The molecule has 1 aliphatic carbocycles. The van der Waals surface area contributed by atoms with Crippen LogP contribution in [-0.4, -0.2) is 44.8 Å². The summed E-state index contributed by atoms with van der Waals surface area (Å²) in [5.41, 5.74) is 6.13. The first-order valence-corrected chi connectivity index (χ1v) is 6.17. The molecule has 0 spiro atoms. The minimum Gasteiger partial charge on any atom is -0.385 e. The number of rotatable bonds is 6. The van der Waals surface area contributed by atoms with Crippen molar-refractivity contribution in [3.63, 3.8) is 0 Å². The van der Waals surface area contributed by atoms with Crippen LogP contribution in [-0.2, 0) is 4.74 Å². The van der Waals surface area contributed by atoms with Gasteiger partial charge in [0.1, 0.15) is 0 Å². The molecule has 0 saturated heterocycles. The minimum atomic E-state index is 0.434. The third-order valence-corrected chi connectivity index (χ3v) is 3.40. The molecule has 1 saturated carbocycles. The fraction of sp³-hybridized carbons (Fsp3) is 1.00. The van der Waals surface area contributed by atoms with Crippen LogP contribution in [0.25, 0.3) is 0 Å². The SMILES string of the molecule is COCCCN(C)CC1CCCCC1N. The van der Waals surface area contributed by atoms with Gasteiger partial charge in [-0.15, -0.1) is 0 Å². The highest BCUT2D eigenvalue weighted by atomic mass is 16.5. The summed E-state index contributed by atoms with van der Waals surface area (Å²) >= 11 is 0. The first-order valence-electron chi connectivity index (χ1n) is 6.17. The van der Waals surface area contributed by atoms with Crippen molar-refractivity contribution in [3.05, 3.63) is 0 Å². The Morgan fingerprint density at radius 2 is 2.07 bits per heavy atom. The largest absolute Gasteiger partial charge is 0.385 e. The van der Waals surface area contributed by atoms with Gasteiger partial charge >= 0.3 is 0 Å². The third kappa shape index (κ3) is 4.96. The van der Waals surface area contributed by atoms with Crippen LogP contribution >= 0.6 is 0 Å². The molecule has 3 nitrogen and oxygen atoms in total. The van der Waals surface area contributed by atoms with Crippen molar-refractivity contribution in [1.29, 1.82) is 0 Å². The van der Waals surface area contributed by atoms with Crippen molar-refractivity contribution in [1.82, 2.24) is 4.90 Å². The molecular formula is C12H26N2O. The van der Waals surface area contributed by atoms with E-state index in [4.69, 9.17) is 10.5 Å². The lowest BCUT2D eigenvalue weighted by Gasteiger charge is -2.32. The van der Waals surface area contributed by atoms with E-state index in [1.54, 1.807) is 7.11 Å². The van der Waals surface area contributed by atoms with E-state index in [1.807, 2.05) is 0 Å². The van der Waals surface area contributed by atoms with Gasteiger partial charge in [-0.25, -0.2) is 0 Å². The Balaban J connectivity index is 2.15. The van der Waals surface area contributed by atoms with Gasteiger partial charge in [-0.3, -0.25) is 0 Å². The zero-order valence-electron chi connectivity index (χ0n) is 10.2. The van der Waals surface area contributed by atoms with Crippen LogP contribution in [0.2, 0.25) is 0 Å².